The smallest absolute Gasteiger partial charge is 0.227 e. The van der Waals surface area contributed by atoms with Gasteiger partial charge in [-0.2, -0.15) is 4.98 Å². The van der Waals surface area contributed by atoms with Gasteiger partial charge in [-0.05, 0) is 29.0 Å². The van der Waals surface area contributed by atoms with E-state index in [2.05, 4.69) is 21.6 Å². The second-order valence-corrected chi connectivity index (χ2v) is 7.35. The molecule has 0 saturated heterocycles. The molecule has 3 heterocycles. The summed E-state index contributed by atoms with van der Waals surface area (Å²) in [4.78, 5) is 20.2. The summed E-state index contributed by atoms with van der Waals surface area (Å²) in [5.41, 5.74) is 8.81. The molecular weight excluding hydrogens is 384 g/mol. The number of halogens is 1. The van der Waals surface area contributed by atoms with Gasteiger partial charge in [-0.25, -0.2) is 0 Å². The second kappa shape index (κ2) is 8.65. The Morgan fingerprint density at radius 1 is 1.26 bits per heavy atom. The van der Waals surface area contributed by atoms with E-state index < -0.39 is 0 Å². The third-order valence-electron chi connectivity index (χ3n) is 4.63. The summed E-state index contributed by atoms with van der Waals surface area (Å²) in [5, 5.41) is 6.11. The highest BCUT2D eigenvalue weighted by atomic mass is 35.5. The van der Waals surface area contributed by atoms with Gasteiger partial charge >= 0.3 is 0 Å². The van der Waals surface area contributed by atoms with Crippen LogP contribution in [0, 0.1) is 0 Å². The lowest BCUT2D eigenvalue weighted by molar-refractivity contribution is -0.132. The van der Waals surface area contributed by atoms with Gasteiger partial charge in [0.05, 0.1) is 0 Å². The standard InChI is InChI=1S/C19H20N4O2S.ClH/c20-11-13-1-3-14(4-2-13)19-21-17(25-22-19)5-6-18(24)23-9-7-16-15(12-23)8-10-26-16;/h1-4,8,10H,5-7,9,11-12,20H2;1H. The SMILES string of the molecule is Cl.NCc1ccc(-c2noc(CCC(=O)N3CCc4sccc4C3)n2)cc1. The number of hydrogen-bond acceptors (Lipinski definition) is 6. The van der Waals surface area contributed by atoms with E-state index in [4.69, 9.17) is 10.3 Å². The van der Waals surface area contributed by atoms with Crippen LogP contribution < -0.4 is 5.73 Å². The topological polar surface area (TPSA) is 85.2 Å². The molecule has 2 N–H and O–H groups in total. The maximum atomic E-state index is 12.5. The highest BCUT2D eigenvalue weighted by Gasteiger charge is 2.21. The summed E-state index contributed by atoms with van der Waals surface area (Å²) in [7, 11) is 0. The number of rotatable bonds is 5. The van der Waals surface area contributed by atoms with Crippen molar-refractivity contribution in [2.75, 3.05) is 6.54 Å². The van der Waals surface area contributed by atoms with E-state index >= 15 is 0 Å². The summed E-state index contributed by atoms with van der Waals surface area (Å²) in [5.74, 6) is 1.16. The molecule has 0 bridgehead atoms. The average Bonchev–Trinajstić information content (AvgIpc) is 3.35. The number of aryl methyl sites for hydroxylation is 1. The zero-order chi connectivity index (χ0) is 17.9. The summed E-state index contributed by atoms with van der Waals surface area (Å²) < 4.78 is 5.30. The van der Waals surface area contributed by atoms with Gasteiger partial charge in [0, 0.05) is 42.9 Å². The number of nitrogens with zero attached hydrogens (tertiary/aromatic N) is 3. The first-order valence-corrected chi connectivity index (χ1v) is 9.56. The van der Waals surface area contributed by atoms with Gasteiger partial charge < -0.3 is 15.2 Å². The Labute approximate surface area is 167 Å². The minimum atomic E-state index is 0. The van der Waals surface area contributed by atoms with Gasteiger partial charge in [0.2, 0.25) is 17.6 Å². The number of nitrogens with two attached hydrogens (primary N) is 1. The molecule has 3 aromatic rings. The Hall–Kier alpha value is -2.22. The highest BCUT2D eigenvalue weighted by molar-refractivity contribution is 7.10. The Morgan fingerprint density at radius 3 is 2.85 bits per heavy atom. The van der Waals surface area contributed by atoms with Crippen LogP contribution in [0.25, 0.3) is 11.4 Å². The van der Waals surface area contributed by atoms with E-state index in [1.165, 1.54) is 10.4 Å². The minimum absolute atomic E-state index is 0. The molecule has 0 fully saturated rings. The predicted molar refractivity (Wildman–Crippen MR) is 107 cm³/mol. The average molecular weight is 405 g/mol. The summed E-state index contributed by atoms with van der Waals surface area (Å²) in [6.07, 6.45) is 1.79. The molecule has 0 atom stereocenters. The molecule has 6 nitrogen and oxygen atoms in total. The molecule has 0 saturated carbocycles. The van der Waals surface area contributed by atoms with Crippen LogP contribution in [0.4, 0.5) is 0 Å². The number of amides is 1. The summed E-state index contributed by atoms with van der Waals surface area (Å²) in [6.45, 7) is 2.00. The van der Waals surface area contributed by atoms with E-state index in [0.717, 1.165) is 24.1 Å². The molecule has 0 unspecified atom stereocenters. The molecule has 0 radical (unpaired) electrons. The van der Waals surface area contributed by atoms with E-state index in [9.17, 15) is 4.79 Å². The first kappa shape index (κ1) is 19.5. The molecule has 142 valence electrons. The number of benzene rings is 1. The largest absolute Gasteiger partial charge is 0.339 e. The lowest BCUT2D eigenvalue weighted by Crippen LogP contribution is -2.35. The fraction of sp³-hybridized carbons (Fsp3) is 0.316. The lowest BCUT2D eigenvalue weighted by Gasteiger charge is -2.26. The normalized spacial score (nSPS) is 13.1. The molecule has 1 aliphatic heterocycles. The van der Waals surface area contributed by atoms with Crippen LogP contribution in [-0.4, -0.2) is 27.5 Å². The monoisotopic (exact) mass is 404 g/mol. The molecule has 1 aliphatic rings. The number of carbonyl (C=O) groups excluding carboxylic acids is 1. The molecular formula is C19H21ClN4O2S. The van der Waals surface area contributed by atoms with E-state index in [1.54, 1.807) is 11.3 Å². The fourth-order valence-corrected chi connectivity index (χ4v) is 3.99. The van der Waals surface area contributed by atoms with Crippen LogP contribution in [0.2, 0.25) is 0 Å². The maximum Gasteiger partial charge on any atom is 0.227 e. The van der Waals surface area contributed by atoms with Crippen LogP contribution in [0.3, 0.4) is 0 Å². The van der Waals surface area contributed by atoms with Crippen LogP contribution in [-0.2, 0) is 30.7 Å². The van der Waals surface area contributed by atoms with E-state index in [-0.39, 0.29) is 18.3 Å². The van der Waals surface area contributed by atoms with Crippen molar-refractivity contribution in [2.45, 2.75) is 32.4 Å². The summed E-state index contributed by atoms with van der Waals surface area (Å²) in [6, 6.07) is 9.86. The van der Waals surface area contributed by atoms with Crippen molar-refractivity contribution in [1.82, 2.24) is 15.0 Å². The molecule has 4 rings (SSSR count). The Bertz CT molecular complexity index is 907. The molecule has 27 heavy (non-hydrogen) atoms. The van der Waals surface area contributed by atoms with Crippen molar-refractivity contribution >= 4 is 29.7 Å². The molecule has 1 aromatic carbocycles. The first-order chi connectivity index (χ1) is 12.7. The van der Waals surface area contributed by atoms with Crippen molar-refractivity contribution in [2.24, 2.45) is 5.73 Å². The lowest BCUT2D eigenvalue weighted by atomic mass is 10.1. The molecule has 2 aromatic heterocycles. The number of thiophene rings is 1. The zero-order valence-electron chi connectivity index (χ0n) is 14.8. The molecule has 0 aliphatic carbocycles. The summed E-state index contributed by atoms with van der Waals surface area (Å²) >= 11 is 1.77. The third kappa shape index (κ3) is 4.37. The number of fused-ring (bicyclic) bond motifs is 1. The molecule has 8 heteroatoms. The fourth-order valence-electron chi connectivity index (χ4n) is 3.10. The van der Waals surface area contributed by atoms with Crippen LogP contribution in [0.15, 0.2) is 40.2 Å². The number of aromatic nitrogens is 2. The highest BCUT2D eigenvalue weighted by Crippen LogP contribution is 2.24. The maximum absolute atomic E-state index is 12.5. The minimum Gasteiger partial charge on any atom is -0.339 e. The predicted octanol–water partition coefficient (Wildman–Crippen LogP) is 3.20. The van der Waals surface area contributed by atoms with Crippen LogP contribution in [0.5, 0.6) is 0 Å². The van der Waals surface area contributed by atoms with Crippen molar-refractivity contribution in [3.8, 4) is 11.4 Å². The van der Waals surface area contributed by atoms with Crippen molar-refractivity contribution < 1.29 is 9.32 Å². The van der Waals surface area contributed by atoms with E-state index in [1.807, 2.05) is 29.2 Å². The number of carbonyl (C=O) groups is 1. The van der Waals surface area contributed by atoms with Gasteiger partial charge in [-0.1, -0.05) is 29.4 Å². The van der Waals surface area contributed by atoms with Gasteiger partial charge in [0.1, 0.15) is 0 Å². The third-order valence-corrected chi connectivity index (χ3v) is 5.65. The van der Waals surface area contributed by atoms with Gasteiger partial charge in [-0.3, -0.25) is 4.79 Å². The Morgan fingerprint density at radius 2 is 2.07 bits per heavy atom. The van der Waals surface area contributed by atoms with Crippen molar-refractivity contribution in [3.63, 3.8) is 0 Å². The quantitative estimate of drug-likeness (QED) is 0.705. The molecule has 1 amide bonds. The Kier molecular flexibility index (Phi) is 6.26. The van der Waals surface area contributed by atoms with Crippen molar-refractivity contribution in [3.05, 3.63) is 57.6 Å². The van der Waals surface area contributed by atoms with Crippen LogP contribution in [0.1, 0.15) is 28.3 Å². The van der Waals surface area contributed by atoms with Gasteiger partial charge in [-0.15, -0.1) is 23.7 Å². The van der Waals surface area contributed by atoms with Crippen molar-refractivity contribution in [1.29, 1.82) is 0 Å². The Balaban J connectivity index is 0.00000210. The zero-order valence-corrected chi connectivity index (χ0v) is 16.4. The second-order valence-electron chi connectivity index (χ2n) is 6.35. The van der Waals surface area contributed by atoms with E-state index in [0.29, 0.717) is 37.6 Å². The van der Waals surface area contributed by atoms with Gasteiger partial charge in [0.25, 0.3) is 0 Å². The van der Waals surface area contributed by atoms with Crippen LogP contribution >= 0.6 is 23.7 Å². The molecule has 0 spiro atoms. The number of hydrogen-bond donors (Lipinski definition) is 1. The van der Waals surface area contributed by atoms with Gasteiger partial charge in [0.15, 0.2) is 0 Å². The first-order valence-electron chi connectivity index (χ1n) is 8.68.